The van der Waals surface area contributed by atoms with Crippen molar-refractivity contribution in [2.75, 3.05) is 0 Å². The first-order valence-corrected chi connectivity index (χ1v) is 6.68. The van der Waals surface area contributed by atoms with E-state index in [4.69, 9.17) is 56.2 Å². The molecule has 0 saturated carbocycles. The molecular weight excluding hydrogens is 330 g/mol. The molecule has 0 heterocycles. The smallest absolute Gasteiger partial charge is 0.247 e. The van der Waals surface area contributed by atoms with Gasteiger partial charge in [0.2, 0.25) is 5.02 Å². The highest BCUT2D eigenvalue weighted by molar-refractivity contribution is 6.43. The van der Waals surface area contributed by atoms with Crippen LogP contribution in [0, 0.1) is 6.07 Å². The molecule has 101 valence electrons. The lowest BCUT2D eigenvalue weighted by Crippen LogP contribution is -1.98. The molecule has 2 aromatic rings. The number of hydrogen-bond acceptors (Lipinski definition) is 2. The van der Waals surface area contributed by atoms with Crippen LogP contribution in [-0.2, 0) is 0 Å². The van der Waals surface area contributed by atoms with E-state index < -0.39 is 5.02 Å². The first kappa shape index (κ1) is 16.3. The minimum Gasteiger partial charge on any atom is -0.506 e. The number of hydrogen-bond donors (Lipinski definition) is 1. The van der Waals surface area contributed by atoms with Gasteiger partial charge in [0.1, 0.15) is 16.5 Å². The zero-order valence-corrected chi connectivity index (χ0v) is 12.5. The Morgan fingerprint density at radius 3 is 2.26 bits per heavy atom. The molecule has 0 aliphatic heterocycles. The third kappa shape index (κ3) is 6.26. The third-order valence-electron chi connectivity index (χ3n) is 1.83. The average Bonchev–Trinajstić information content (AvgIpc) is 2.37. The number of alkyl halides is 2. The Bertz CT molecular complexity index is 483. The molecule has 0 atom stereocenters. The quantitative estimate of drug-likeness (QED) is 0.750. The summed E-state index contributed by atoms with van der Waals surface area (Å²) in [5.41, 5.74) is 0. The number of ether oxygens (including phenoxy) is 1. The molecule has 0 amide bonds. The number of phenols is 1. The van der Waals surface area contributed by atoms with Gasteiger partial charge in [0, 0.05) is 6.07 Å². The van der Waals surface area contributed by atoms with Crippen LogP contribution in [0.15, 0.2) is 42.5 Å². The molecule has 2 nitrogen and oxygen atoms in total. The lowest BCUT2D eigenvalue weighted by atomic mass is 10.3. The summed E-state index contributed by atoms with van der Waals surface area (Å²) < 4.78 is 4.89. The van der Waals surface area contributed by atoms with Crippen molar-refractivity contribution in [2.45, 2.75) is 5.02 Å². The summed E-state index contributed by atoms with van der Waals surface area (Å²) in [6.07, 6.45) is 0. The van der Waals surface area contributed by atoms with E-state index in [2.05, 4.69) is 6.07 Å². The number of halogens is 4. The second-order valence-electron chi connectivity index (χ2n) is 3.18. The van der Waals surface area contributed by atoms with Gasteiger partial charge in [0.15, 0.2) is 0 Å². The molecule has 0 fully saturated rings. The Balaban J connectivity index is 0.000000191. The predicted octanol–water partition coefficient (Wildman–Crippen LogP) is 5.33. The summed E-state index contributed by atoms with van der Waals surface area (Å²) in [6.45, 7) is 0. The zero-order valence-electron chi connectivity index (χ0n) is 9.49. The van der Waals surface area contributed by atoms with Crippen molar-refractivity contribution in [3.05, 3.63) is 58.6 Å². The van der Waals surface area contributed by atoms with Crippen molar-refractivity contribution in [1.29, 1.82) is 0 Å². The van der Waals surface area contributed by atoms with E-state index >= 15 is 0 Å². The Morgan fingerprint density at radius 2 is 1.79 bits per heavy atom. The van der Waals surface area contributed by atoms with E-state index in [9.17, 15) is 0 Å². The van der Waals surface area contributed by atoms with Crippen LogP contribution >= 0.6 is 46.4 Å². The molecule has 0 aliphatic carbocycles. The van der Waals surface area contributed by atoms with Crippen molar-refractivity contribution >= 4 is 46.4 Å². The third-order valence-corrected chi connectivity index (χ3v) is 2.81. The van der Waals surface area contributed by atoms with Gasteiger partial charge in [-0.3, -0.25) is 0 Å². The van der Waals surface area contributed by atoms with Gasteiger partial charge in [-0.15, -0.1) is 0 Å². The first-order chi connectivity index (χ1) is 9.00. The van der Waals surface area contributed by atoms with Crippen molar-refractivity contribution in [3.63, 3.8) is 0 Å². The topological polar surface area (TPSA) is 29.5 Å². The molecule has 0 unspecified atom stereocenters. The largest absolute Gasteiger partial charge is 0.506 e. The predicted molar refractivity (Wildman–Crippen MR) is 79.5 cm³/mol. The fraction of sp³-hybridized carbons (Fsp3) is 0.0769. The Kier molecular flexibility index (Phi) is 7.17. The van der Waals surface area contributed by atoms with Gasteiger partial charge in [-0.1, -0.05) is 70.7 Å². The fourth-order valence-electron chi connectivity index (χ4n) is 1.04. The molecule has 2 aromatic carbocycles. The van der Waals surface area contributed by atoms with Gasteiger partial charge >= 0.3 is 0 Å². The SMILES string of the molecule is ClC(Cl)Oc1[c]cccc1.Oc1cccc(Cl)c1Cl. The molecular formula is C13H9Cl4O2. The highest BCUT2D eigenvalue weighted by Gasteiger charge is 1.99. The maximum atomic E-state index is 8.88. The first-order valence-electron chi connectivity index (χ1n) is 5.05. The van der Waals surface area contributed by atoms with E-state index in [1.165, 1.54) is 6.07 Å². The number of para-hydroxylation sites is 1. The second-order valence-corrected chi connectivity index (χ2v) is 4.98. The zero-order chi connectivity index (χ0) is 14.3. The molecule has 19 heavy (non-hydrogen) atoms. The van der Waals surface area contributed by atoms with Crippen molar-refractivity contribution < 1.29 is 9.84 Å². The summed E-state index contributed by atoms with van der Waals surface area (Å²) in [5.74, 6) is 0.571. The number of rotatable bonds is 2. The molecule has 0 aliphatic rings. The summed E-state index contributed by atoms with van der Waals surface area (Å²) in [5, 5.41) is 8.64. The van der Waals surface area contributed by atoms with Crippen molar-refractivity contribution in [3.8, 4) is 11.5 Å². The number of aromatic hydroxyl groups is 1. The van der Waals surface area contributed by atoms with Crippen molar-refractivity contribution in [2.24, 2.45) is 0 Å². The highest BCUT2D eigenvalue weighted by atomic mass is 35.5. The van der Waals surface area contributed by atoms with E-state index in [0.717, 1.165) is 0 Å². The van der Waals surface area contributed by atoms with Crippen LogP contribution in [-0.4, -0.2) is 10.1 Å². The summed E-state index contributed by atoms with van der Waals surface area (Å²) in [4.78, 5) is 0. The molecule has 0 bridgehead atoms. The van der Waals surface area contributed by atoms with Crippen LogP contribution < -0.4 is 4.74 Å². The minimum absolute atomic E-state index is 0.0177. The van der Waals surface area contributed by atoms with Crippen LogP contribution in [0.2, 0.25) is 10.0 Å². The van der Waals surface area contributed by atoms with Crippen LogP contribution in [0.4, 0.5) is 0 Å². The summed E-state index contributed by atoms with van der Waals surface area (Å²) >= 11 is 21.7. The van der Waals surface area contributed by atoms with Crippen LogP contribution in [0.25, 0.3) is 0 Å². The maximum Gasteiger partial charge on any atom is 0.247 e. The Labute approximate surface area is 131 Å². The monoisotopic (exact) mass is 337 g/mol. The summed E-state index contributed by atoms with van der Waals surface area (Å²) in [6, 6.07) is 14.7. The average molecular weight is 339 g/mol. The van der Waals surface area contributed by atoms with Gasteiger partial charge in [-0.2, -0.15) is 0 Å². The molecule has 0 saturated heterocycles. The Morgan fingerprint density at radius 1 is 1.05 bits per heavy atom. The van der Waals surface area contributed by atoms with Gasteiger partial charge in [0.25, 0.3) is 0 Å². The standard InChI is InChI=1S/C7H5Cl2O.C6H4Cl2O/c8-7(9)10-6-4-2-1-3-5-6;7-4-2-1-3-5(9)6(4)8/h1-4,7H;1-3,9H. The van der Waals surface area contributed by atoms with Crippen LogP contribution in [0.3, 0.4) is 0 Å². The van der Waals surface area contributed by atoms with Crippen LogP contribution in [0.5, 0.6) is 11.5 Å². The fourth-order valence-corrected chi connectivity index (χ4v) is 1.53. The van der Waals surface area contributed by atoms with E-state index in [0.29, 0.717) is 10.8 Å². The molecule has 6 heteroatoms. The minimum atomic E-state index is -0.821. The van der Waals surface area contributed by atoms with E-state index in [1.54, 1.807) is 24.3 Å². The van der Waals surface area contributed by atoms with Gasteiger partial charge in [0.05, 0.1) is 5.02 Å². The molecule has 1 N–H and O–H groups in total. The molecule has 2 rings (SSSR count). The normalized spacial score (nSPS) is 9.74. The van der Waals surface area contributed by atoms with E-state index in [1.807, 2.05) is 12.1 Å². The van der Waals surface area contributed by atoms with Gasteiger partial charge in [-0.05, 0) is 18.2 Å². The highest BCUT2D eigenvalue weighted by Crippen LogP contribution is 2.29. The molecule has 1 radical (unpaired) electrons. The lowest BCUT2D eigenvalue weighted by Gasteiger charge is -2.03. The molecule has 0 aromatic heterocycles. The Hall–Kier alpha value is -0.800. The maximum absolute atomic E-state index is 8.88. The van der Waals surface area contributed by atoms with Gasteiger partial charge in [-0.25, -0.2) is 0 Å². The molecule has 0 spiro atoms. The van der Waals surface area contributed by atoms with E-state index in [-0.39, 0.29) is 10.8 Å². The summed E-state index contributed by atoms with van der Waals surface area (Å²) in [7, 11) is 0. The number of phenolic OH excluding ortho intramolecular Hbond substituents is 1. The van der Waals surface area contributed by atoms with Gasteiger partial charge < -0.3 is 9.84 Å². The van der Waals surface area contributed by atoms with Crippen LogP contribution in [0.1, 0.15) is 0 Å². The number of benzene rings is 2. The van der Waals surface area contributed by atoms with Crippen molar-refractivity contribution in [1.82, 2.24) is 0 Å². The second kappa shape index (κ2) is 8.39. The lowest BCUT2D eigenvalue weighted by molar-refractivity contribution is 0.353.